The molecule has 1 unspecified atom stereocenters. The average molecular weight is 202 g/mol. The lowest BCUT2D eigenvalue weighted by Crippen LogP contribution is -2.32. The van der Waals surface area contributed by atoms with Crippen LogP contribution in [0.15, 0.2) is 0 Å². The van der Waals surface area contributed by atoms with E-state index in [0.717, 1.165) is 51.9 Å². The van der Waals surface area contributed by atoms with Crippen molar-refractivity contribution in [1.29, 1.82) is 0 Å². The molecule has 4 nitrogen and oxygen atoms in total. The predicted octanol–water partition coefficient (Wildman–Crippen LogP) is -0.151. The van der Waals surface area contributed by atoms with Crippen LogP contribution in [-0.2, 0) is 9.47 Å². The first-order valence-corrected chi connectivity index (χ1v) is 5.41. The molecule has 4 heteroatoms. The normalized spacial score (nSPS) is 21.6. The number of methoxy groups -OCH3 is 1. The fraction of sp³-hybridized carbons (Fsp3) is 1.00. The summed E-state index contributed by atoms with van der Waals surface area (Å²) in [6.45, 7) is 6.73. The smallest absolute Gasteiger partial charge is 0.0587 e. The molecule has 0 spiro atoms. The maximum atomic E-state index is 5.30. The second kappa shape index (κ2) is 8.17. The fourth-order valence-corrected chi connectivity index (χ4v) is 1.53. The van der Waals surface area contributed by atoms with Gasteiger partial charge in [0.2, 0.25) is 0 Å². The van der Waals surface area contributed by atoms with Gasteiger partial charge in [-0.15, -0.1) is 0 Å². The minimum atomic E-state index is 0.731. The molecule has 14 heavy (non-hydrogen) atoms. The van der Waals surface area contributed by atoms with E-state index < -0.39 is 0 Å². The van der Waals surface area contributed by atoms with Gasteiger partial charge in [-0.05, 0) is 12.3 Å². The van der Waals surface area contributed by atoms with Gasteiger partial charge in [-0.3, -0.25) is 0 Å². The topological polar surface area (TPSA) is 42.5 Å². The number of nitrogens with one attached hydrogen (secondary N) is 2. The molecule has 0 radical (unpaired) electrons. The molecule has 0 aromatic rings. The second-order valence-corrected chi connectivity index (χ2v) is 3.68. The van der Waals surface area contributed by atoms with Crippen LogP contribution in [-0.4, -0.2) is 53.1 Å². The van der Waals surface area contributed by atoms with E-state index in [1.165, 1.54) is 6.42 Å². The Bertz CT molecular complexity index is 127. The van der Waals surface area contributed by atoms with Gasteiger partial charge in [0.05, 0.1) is 13.2 Å². The highest BCUT2D eigenvalue weighted by molar-refractivity contribution is 4.66. The summed E-state index contributed by atoms with van der Waals surface area (Å²) in [5.41, 5.74) is 0. The Morgan fingerprint density at radius 1 is 1.29 bits per heavy atom. The van der Waals surface area contributed by atoms with Crippen molar-refractivity contribution in [3.8, 4) is 0 Å². The molecule has 0 bridgehead atoms. The van der Waals surface area contributed by atoms with E-state index in [1.807, 2.05) is 0 Å². The summed E-state index contributed by atoms with van der Waals surface area (Å²) in [5.74, 6) is 0.731. The lowest BCUT2D eigenvalue weighted by atomic mass is 10.1. The van der Waals surface area contributed by atoms with Crippen molar-refractivity contribution in [2.24, 2.45) is 5.92 Å². The molecule has 1 atom stereocenters. The molecule has 1 saturated heterocycles. The van der Waals surface area contributed by atoms with Gasteiger partial charge in [-0.1, -0.05) is 0 Å². The van der Waals surface area contributed by atoms with Gasteiger partial charge in [0.25, 0.3) is 0 Å². The van der Waals surface area contributed by atoms with Crippen molar-refractivity contribution in [1.82, 2.24) is 10.6 Å². The van der Waals surface area contributed by atoms with Crippen molar-refractivity contribution in [3.63, 3.8) is 0 Å². The number of ether oxygens (including phenoxy) is 2. The van der Waals surface area contributed by atoms with Crippen LogP contribution in [0.4, 0.5) is 0 Å². The number of hydrogen-bond acceptors (Lipinski definition) is 4. The molecule has 1 rings (SSSR count). The largest absolute Gasteiger partial charge is 0.383 e. The molecule has 2 N–H and O–H groups in total. The van der Waals surface area contributed by atoms with Gasteiger partial charge in [0, 0.05) is 39.9 Å². The third-order valence-corrected chi connectivity index (χ3v) is 2.42. The van der Waals surface area contributed by atoms with Crippen LogP contribution in [0, 0.1) is 5.92 Å². The van der Waals surface area contributed by atoms with Gasteiger partial charge in [-0.2, -0.15) is 0 Å². The van der Waals surface area contributed by atoms with Crippen molar-refractivity contribution < 1.29 is 9.47 Å². The zero-order valence-corrected chi connectivity index (χ0v) is 9.05. The summed E-state index contributed by atoms with van der Waals surface area (Å²) in [4.78, 5) is 0. The molecular formula is C10H22N2O2. The van der Waals surface area contributed by atoms with Gasteiger partial charge >= 0.3 is 0 Å². The average Bonchev–Trinajstić information content (AvgIpc) is 2.69. The number of hydrogen-bond donors (Lipinski definition) is 2. The molecule has 1 aliphatic heterocycles. The Kier molecular flexibility index (Phi) is 6.95. The summed E-state index contributed by atoms with van der Waals surface area (Å²) in [6, 6.07) is 0. The third-order valence-electron chi connectivity index (χ3n) is 2.42. The molecule has 0 aromatic carbocycles. The summed E-state index contributed by atoms with van der Waals surface area (Å²) < 4.78 is 10.2. The van der Waals surface area contributed by atoms with E-state index in [1.54, 1.807) is 7.11 Å². The molecular weight excluding hydrogens is 180 g/mol. The predicted molar refractivity (Wildman–Crippen MR) is 56.5 cm³/mol. The van der Waals surface area contributed by atoms with E-state index in [4.69, 9.17) is 9.47 Å². The summed E-state index contributed by atoms with van der Waals surface area (Å²) in [7, 11) is 1.72. The molecule has 0 saturated carbocycles. The third kappa shape index (κ3) is 5.54. The Hall–Kier alpha value is -0.160. The lowest BCUT2D eigenvalue weighted by Gasteiger charge is -2.09. The zero-order chi connectivity index (χ0) is 10.1. The van der Waals surface area contributed by atoms with Crippen LogP contribution in [0.2, 0.25) is 0 Å². The van der Waals surface area contributed by atoms with Crippen LogP contribution >= 0.6 is 0 Å². The van der Waals surface area contributed by atoms with Crippen LogP contribution < -0.4 is 10.6 Å². The second-order valence-electron chi connectivity index (χ2n) is 3.68. The highest BCUT2D eigenvalue weighted by Crippen LogP contribution is 2.09. The Labute approximate surface area is 86.3 Å². The summed E-state index contributed by atoms with van der Waals surface area (Å²) >= 11 is 0. The quantitative estimate of drug-likeness (QED) is 0.537. The van der Waals surface area contributed by atoms with Crippen molar-refractivity contribution in [2.45, 2.75) is 6.42 Å². The van der Waals surface area contributed by atoms with Crippen LogP contribution in [0.5, 0.6) is 0 Å². The van der Waals surface area contributed by atoms with Crippen molar-refractivity contribution in [2.75, 3.05) is 53.1 Å². The van der Waals surface area contributed by atoms with E-state index >= 15 is 0 Å². The van der Waals surface area contributed by atoms with Gasteiger partial charge < -0.3 is 20.1 Å². The fourth-order valence-electron chi connectivity index (χ4n) is 1.53. The van der Waals surface area contributed by atoms with Gasteiger partial charge in [-0.25, -0.2) is 0 Å². The lowest BCUT2D eigenvalue weighted by molar-refractivity contribution is 0.185. The first kappa shape index (κ1) is 11.9. The first-order chi connectivity index (χ1) is 6.93. The van der Waals surface area contributed by atoms with Gasteiger partial charge in [0.1, 0.15) is 0 Å². The van der Waals surface area contributed by atoms with E-state index in [9.17, 15) is 0 Å². The minimum absolute atomic E-state index is 0.731. The first-order valence-electron chi connectivity index (χ1n) is 5.41. The Morgan fingerprint density at radius 2 is 2.14 bits per heavy atom. The monoisotopic (exact) mass is 202 g/mol. The summed E-state index contributed by atoms with van der Waals surface area (Å²) in [5, 5.41) is 6.71. The van der Waals surface area contributed by atoms with Crippen LogP contribution in [0.1, 0.15) is 6.42 Å². The molecule has 0 amide bonds. The molecule has 1 fully saturated rings. The van der Waals surface area contributed by atoms with Crippen LogP contribution in [0.25, 0.3) is 0 Å². The van der Waals surface area contributed by atoms with Gasteiger partial charge in [0.15, 0.2) is 0 Å². The standard InChI is InChI=1S/C10H22N2O2/c1-13-7-5-11-3-4-12-8-10-2-6-14-9-10/h10-12H,2-9H2,1H3. The van der Waals surface area contributed by atoms with Crippen molar-refractivity contribution in [3.05, 3.63) is 0 Å². The minimum Gasteiger partial charge on any atom is -0.383 e. The maximum Gasteiger partial charge on any atom is 0.0587 e. The van der Waals surface area contributed by atoms with E-state index in [-0.39, 0.29) is 0 Å². The molecule has 84 valence electrons. The highest BCUT2D eigenvalue weighted by atomic mass is 16.5. The Morgan fingerprint density at radius 3 is 2.86 bits per heavy atom. The molecule has 1 heterocycles. The summed E-state index contributed by atoms with van der Waals surface area (Å²) in [6.07, 6.45) is 1.21. The highest BCUT2D eigenvalue weighted by Gasteiger charge is 2.14. The SMILES string of the molecule is COCCNCCNCC1CCOC1. The maximum absolute atomic E-state index is 5.30. The number of rotatable bonds is 8. The molecule has 0 aliphatic carbocycles. The Balaban J connectivity index is 1.75. The van der Waals surface area contributed by atoms with E-state index in [0.29, 0.717) is 0 Å². The molecule has 0 aromatic heterocycles. The molecule has 1 aliphatic rings. The van der Waals surface area contributed by atoms with Crippen LogP contribution in [0.3, 0.4) is 0 Å². The zero-order valence-electron chi connectivity index (χ0n) is 9.05. The van der Waals surface area contributed by atoms with E-state index in [2.05, 4.69) is 10.6 Å². The van der Waals surface area contributed by atoms with Crippen molar-refractivity contribution >= 4 is 0 Å².